The highest BCUT2D eigenvalue weighted by Gasteiger charge is 2.31. The first-order chi connectivity index (χ1) is 5.04. The zero-order valence-electron chi connectivity index (χ0n) is 6.91. The molecule has 1 atom stereocenters. The van der Waals surface area contributed by atoms with Gasteiger partial charge >= 0.3 is 0 Å². The van der Waals surface area contributed by atoms with E-state index in [-0.39, 0.29) is 16.9 Å². The van der Waals surface area contributed by atoms with Gasteiger partial charge in [0, 0.05) is 0 Å². The molecule has 1 rings (SSSR count). The standard InChI is InChI=1S/C7H14O3S/c1-6(2)7-5-10-3-4-11(7,8)9/h6-7H,3-5H2,1-2H3. The summed E-state index contributed by atoms with van der Waals surface area (Å²) in [6.07, 6.45) is 0. The van der Waals surface area contributed by atoms with Crippen LogP contribution in [0.15, 0.2) is 0 Å². The van der Waals surface area contributed by atoms with E-state index in [1.165, 1.54) is 0 Å². The third kappa shape index (κ3) is 1.93. The number of sulfone groups is 1. The Bertz CT molecular complexity index is 218. The van der Waals surface area contributed by atoms with Gasteiger partial charge in [-0.1, -0.05) is 13.8 Å². The van der Waals surface area contributed by atoms with Gasteiger partial charge in [-0.05, 0) is 5.92 Å². The van der Waals surface area contributed by atoms with Gasteiger partial charge in [-0.15, -0.1) is 0 Å². The van der Waals surface area contributed by atoms with Crippen LogP contribution in [-0.4, -0.2) is 32.6 Å². The lowest BCUT2D eigenvalue weighted by Crippen LogP contribution is -2.39. The molecule has 3 nitrogen and oxygen atoms in total. The van der Waals surface area contributed by atoms with Crippen molar-refractivity contribution in [1.82, 2.24) is 0 Å². The van der Waals surface area contributed by atoms with Gasteiger partial charge in [-0.25, -0.2) is 8.42 Å². The molecule has 1 heterocycles. The van der Waals surface area contributed by atoms with Gasteiger partial charge in [0.1, 0.15) is 0 Å². The maximum atomic E-state index is 11.3. The Labute approximate surface area is 67.7 Å². The van der Waals surface area contributed by atoms with Crippen LogP contribution in [0, 0.1) is 5.92 Å². The highest BCUT2D eigenvalue weighted by molar-refractivity contribution is 7.92. The minimum absolute atomic E-state index is 0.167. The Balaban J connectivity index is 2.76. The molecule has 0 saturated carbocycles. The van der Waals surface area contributed by atoms with Crippen molar-refractivity contribution in [2.75, 3.05) is 19.0 Å². The van der Waals surface area contributed by atoms with Gasteiger partial charge < -0.3 is 4.74 Å². The second-order valence-corrected chi connectivity index (χ2v) is 5.56. The van der Waals surface area contributed by atoms with Crippen molar-refractivity contribution in [3.63, 3.8) is 0 Å². The second-order valence-electron chi connectivity index (χ2n) is 3.22. The molecule has 0 aromatic rings. The number of rotatable bonds is 1. The first-order valence-electron chi connectivity index (χ1n) is 3.83. The van der Waals surface area contributed by atoms with Gasteiger partial charge in [0.05, 0.1) is 24.2 Å². The molecular formula is C7H14O3S. The lowest BCUT2D eigenvalue weighted by molar-refractivity contribution is 0.128. The van der Waals surface area contributed by atoms with Crippen LogP contribution in [0.1, 0.15) is 13.8 Å². The molecule has 1 fully saturated rings. The smallest absolute Gasteiger partial charge is 0.157 e. The van der Waals surface area contributed by atoms with Gasteiger partial charge in [0.25, 0.3) is 0 Å². The van der Waals surface area contributed by atoms with Crippen molar-refractivity contribution >= 4 is 9.84 Å². The zero-order valence-corrected chi connectivity index (χ0v) is 7.73. The summed E-state index contributed by atoms with van der Waals surface area (Å²) in [5, 5.41) is -0.281. The van der Waals surface area contributed by atoms with Crippen LogP contribution in [0.4, 0.5) is 0 Å². The molecule has 0 aliphatic carbocycles. The molecule has 66 valence electrons. The summed E-state index contributed by atoms with van der Waals surface area (Å²) in [6, 6.07) is 0. The third-order valence-electron chi connectivity index (χ3n) is 2.00. The van der Waals surface area contributed by atoms with Crippen LogP contribution in [0.5, 0.6) is 0 Å². The quantitative estimate of drug-likeness (QED) is 0.585. The molecule has 0 aromatic heterocycles. The molecule has 1 unspecified atom stereocenters. The van der Waals surface area contributed by atoms with E-state index < -0.39 is 9.84 Å². The fourth-order valence-electron chi connectivity index (χ4n) is 1.24. The summed E-state index contributed by atoms with van der Waals surface area (Å²) in [5.41, 5.74) is 0. The maximum absolute atomic E-state index is 11.3. The van der Waals surface area contributed by atoms with Crippen LogP contribution in [0.3, 0.4) is 0 Å². The minimum Gasteiger partial charge on any atom is -0.379 e. The second kappa shape index (κ2) is 3.11. The number of hydrogen-bond donors (Lipinski definition) is 0. The van der Waals surface area contributed by atoms with Crippen LogP contribution in [0.25, 0.3) is 0 Å². The summed E-state index contributed by atoms with van der Waals surface area (Å²) >= 11 is 0. The maximum Gasteiger partial charge on any atom is 0.157 e. The summed E-state index contributed by atoms with van der Waals surface area (Å²) in [5.74, 6) is 0.357. The predicted octanol–water partition coefficient (Wildman–Crippen LogP) is 0.456. The van der Waals surface area contributed by atoms with Crippen LogP contribution >= 0.6 is 0 Å². The van der Waals surface area contributed by atoms with Crippen molar-refractivity contribution in [3.05, 3.63) is 0 Å². The largest absolute Gasteiger partial charge is 0.379 e. The fraction of sp³-hybridized carbons (Fsp3) is 1.00. The fourth-order valence-corrected chi connectivity index (χ4v) is 3.02. The molecule has 11 heavy (non-hydrogen) atoms. The van der Waals surface area contributed by atoms with Gasteiger partial charge in [-0.3, -0.25) is 0 Å². The first kappa shape index (κ1) is 9.00. The van der Waals surface area contributed by atoms with E-state index in [9.17, 15) is 8.42 Å². The molecule has 1 aliphatic heterocycles. The van der Waals surface area contributed by atoms with E-state index in [1.54, 1.807) is 0 Å². The van der Waals surface area contributed by atoms with Crippen LogP contribution in [0.2, 0.25) is 0 Å². The topological polar surface area (TPSA) is 43.4 Å². The van der Waals surface area contributed by atoms with E-state index in [0.29, 0.717) is 13.2 Å². The Morgan fingerprint density at radius 3 is 2.45 bits per heavy atom. The highest BCUT2D eigenvalue weighted by Crippen LogP contribution is 2.17. The molecule has 0 aromatic carbocycles. The molecule has 0 bridgehead atoms. The molecule has 0 amide bonds. The molecule has 4 heteroatoms. The Hall–Kier alpha value is -0.0900. The van der Waals surface area contributed by atoms with E-state index in [1.807, 2.05) is 13.8 Å². The van der Waals surface area contributed by atoms with E-state index in [0.717, 1.165) is 0 Å². The molecule has 0 spiro atoms. The van der Waals surface area contributed by atoms with Crippen molar-refractivity contribution < 1.29 is 13.2 Å². The summed E-state index contributed by atoms with van der Waals surface area (Å²) < 4.78 is 27.8. The summed E-state index contributed by atoms with van der Waals surface area (Å²) in [6.45, 7) is 4.57. The Morgan fingerprint density at radius 2 is 2.09 bits per heavy atom. The van der Waals surface area contributed by atoms with Crippen LogP contribution in [-0.2, 0) is 14.6 Å². The monoisotopic (exact) mass is 178 g/mol. The van der Waals surface area contributed by atoms with E-state index in [4.69, 9.17) is 4.74 Å². The molecule has 0 radical (unpaired) electrons. The van der Waals surface area contributed by atoms with Crippen molar-refractivity contribution in [1.29, 1.82) is 0 Å². The molecular weight excluding hydrogens is 164 g/mol. The predicted molar refractivity (Wildman–Crippen MR) is 43.2 cm³/mol. The third-order valence-corrected chi connectivity index (χ3v) is 4.34. The average molecular weight is 178 g/mol. The van der Waals surface area contributed by atoms with E-state index >= 15 is 0 Å². The number of hydrogen-bond acceptors (Lipinski definition) is 3. The lowest BCUT2D eigenvalue weighted by Gasteiger charge is -2.25. The normalized spacial score (nSPS) is 30.6. The van der Waals surface area contributed by atoms with Gasteiger partial charge in [-0.2, -0.15) is 0 Å². The zero-order chi connectivity index (χ0) is 8.48. The number of ether oxygens (including phenoxy) is 1. The molecule has 0 N–H and O–H groups in total. The highest BCUT2D eigenvalue weighted by atomic mass is 32.2. The molecule has 1 aliphatic rings. The summed E-state index contributed by atoms with van der Waals surface area (Å²) in [7, 11) is -2.85. The molecule has 1 saturated heterocycles. The van der Waals surface area contributed by atoms with Crippen molar-refractivity contribution in [2.45, 2.75) is 19.1 Å². The Morgan fingerprint density at radius 1 is 1.45 bits per heavy atom. The van der Waals surface area contributed by atoms with Gasteiger partial charge in [0.2, 0.25) is 0 Å². The SMILES string of the molecule is CC(C)C1COCCS1(=O)=O. The van der Waals surface area contributed by atoms with E-state index in [2.05, 4.69) is 0 Å². The van der Waals surface area contributed by atoms with Crippen molar-refractivity contribution in [3.8, 4) is 0 Å². The average Bonchev–Trinajstić information content (AvgIpc) is 1.85. The van der Waals surface area contributed by atoms with Crippen LogP contribution < -0.4 is 0 Å². The van der Waals surface area contributed by atoms with Crippen molar-refractivity contribution in [2.24, 2.45) is 5.92 Å². The van der Waals surface area contributed by atoms with Gasteiger partial charge in [0.15, 0.2) is 9.84 Å². The minimum atomic E-state index is -2.85. The summed E-state index contributed by atoms with van der Waals surface area (Å²) in [4.78, 5) is 0. The first-order valence-corrected chi connectivity index (χ1v) is 5.55. The lowest BCUT2D eigenvalue weighted by atomic mass is 10.1. The Kier molecular flexibility index (Phi) is 2.54.